The quantitative estimate of drug-likeness (QED) is 0.667. The molecule has 6 nitrogen and oxygen atoms in total. The van der Waals surface area contributed by atoms with Crippen molar-refractivity contribution in [3.63, 3.8) is 0 Å². The number of carbonyl (C=O) groups is 1. The molecule has 1 aromatic heterocycles. The number of hydrogen-bond donors (Lipinski definition) is 1. The third kappa shape index (κ3) is 3.88. The zero-order valence-electron chi connectivity index (χ0n) is 20.1. The molecule has 5 rings (SSSR count). The number of ether oxygens (including phenoxy) is 1. The van der Waals surface area contributed by atoms with Gasteiger partial charge in [-0.3, -0.25) is 0 Å². The molecule has 2 aromatic rings. The van der Waals surface area contributed by atoms with Gasteiger partial charge in [-0.2, -0.15) is 0 Å². The van der Waals surface area contributed by atoms with Gasteiger partial charge in [0.2, 0.25) is 0 Å². The molecule has 1 saturated heterocycles. The summed E-state index contributed by atoms with van der Waals surface area (Å²) in [6, 6.07) is 8.57. The Morgan fingerprint density at radius 1 is 1.30 bits per heavy atom. The molecule has 2 aliphatic heterocycles. The zero-order valence-corrected chi connectivity index (χ0v) is 20.1. The van der Waals surface area contributed by atoms with Gasteiger partial charge >= 0.3 is 6.09 Å². The zero-order chi connectivity index (χ0) is 23.5. The number of aromatic nitrogens is 2. The number of benzene rings is 1. The maximum Gasteiger partial charge on any atom is 0.410 e. The highest BCUT2D eigenvalue weighted by molar-refractivity contribution is 5.70. The standard InChI is InChI=1S/C27H35N3O3/c1-16-10-19(29(14-17(16)2)26(32)33-27(3,4)5)11-18-12-22(25(18)31)24-21-9-7-6-8-20(21)23-13-28-15-30(23)24/h6-9,13,15,17-19,22,24-25,31H,1,10-12,14H2,2-5H3/t17-,18-,19-,22-,24-,25-/m1/s1. The molecule has 0 unspecified atom stereocenters. The summed E-state index contributed by atoms with van der Waals surface area (Å²) >= 11 is 0. The molecular formula is C27H35N3O3. The predicted octanol–water partition coefficient (Wildman–Crippen LogP) is 5.04. The number of likely N-dealkylation sites (tertiary alicyclic amines) is 1. The van der Waals surface area contributed by atoms with Gasteiger partial charge in [0.25, 0.3) is 0 Å². The highest BCUT2D eigenvalue weighted by atomic mass is 16.6. The Kier molecular flexibility index (Phi) is 5.39. The van der Waals surface area contributed by atoms with E-state index in [0.717, 1.165) is 25.0 Å². The Morgan fingerprint density at radius 2 is 2.06 bits per heavy atom. The molecule has 176 valence electrons. The average Bonchev–Trinajstić information content (AvgIpc) is 3.33. The summed E-state index contributed by atoms with van der Waals surface area (Å²) < 4.78 is 7.92. The highest BCUT2D eigenvalue weighted by Gasteiger charge is 2.49. The fourth-order valence-electron chi connectivity index (χ4n) is 5.93. The van der Waals surface area contributed by atoms with Crippen molar-refractivity contribution >= 4 is 6.09 Å². The number of nitrogens with zero attached hydrogens (tertiary/aromatic N) is 3. The molecule has 1 N–H and O–H groups in total. The molecule has 1 amide bonds. The first-order chi connectivity index (χ1) is 15.6. The fourth-order valence-corrected chi connectivity index (χ4v) is 5.93. The SMILES string of the molecule is C=C1C[C@H](C[C@@H]2C[C@H]([C@H]3c4ccccc4-c4cncn43)[C@@H]2O)N(C(=O)OC(C)(C)C)C[C@H]1C. The second-order valence-electron chi connectivity index (χ2n) is 11.2. The molecule has 1 aliphatic carbocycles. The molecule has 3 aliphatic rings. The Bertz CT molecular complexity index is 1070. The Morgan fingerprint density at radius 3 is 2.79 bits per heavy atom. The van der Waals surface area contributed by atoms with E-state index < -0.39 is 11.7 Å². The van der Waals surface area contributed by atoms with E-state index in [0.29, 0.717) is 6.54 Å². The predicted molar refractivity (Wildman–Crippen MR) is 128 cm³/mol. The Balaban J connectivity index is 1.31. The van der Waals surface area contributed by atoms with E-state index in [4.69, 9.17) is 4.74 Å². The lowest BCUT2D eigenvalue weighted by atomic mass is 9.64. The van der Waals surface area contributed by atoms with Crippen molar-refractivity contribution in [2.45, 2.75) is 70.7 Å². The van der Waals surface area contributed by atoms with E-state index in [1.165, 1.54) is 16.7 Å². The number of fused-ring (bicyclic) bond motifs is 3. The van der Waals surface area contributed by atoms with Gasteiger partial charge in [-0.05, 0) is 57.4 Å². The summed E-state index contributed by atoms with van der Waals surface area (Å²) in [5.41, 5.74) is 4.26. The smallest absolute Gasteiger partial charge is 0.410 e. The van der Waals surface area contributed by atoms with E-state index in [-0.39, 0.29) is 35.9 Å². The van der Waals surface area contributed by atoms with Crippen LogP contribution in [0.1, 0.15) is 58.6 Å². The molecule has 0 radical (unpaired) electrons. The van der Waals surface area contributed by atoms with Gasteiger partial charge in [0.05, 0.1) is 30.4 Å². The molecule has 1 saturated carbocycles. The lowest BCUT2D eigenvalue weighted by Gasteiger charge is -2.49. The number of aliphatic hydroxyl groups is 1. The third-order valence-corrected chi connectivity index (χ3v) is 7.73. The molecule has 3 heterocycles. The van der Waals surface area contributed by atoms with E-state index >= 15 is 0 Å². The molecule has 1 aromatic carbocycles. The minimum atomic E-state index is -0.529. The van der Waals surface area contributed by atoms with Crippen molar-refractivity contribution in [2.24, 2.45) is 17.8 Å². The first-order valence-corrected chi connectivity index (χ1v) is 12.1. The highest BCUT2D eigenvalue weighted by Crippen LogP contribution is 2.52. The van der Waals surface area contributed by atoms with Crippen LogP contribution in [0.4, 0.5) is 4.79 Å². The van der Waals surface area contributed by atoms with Gasteiger partial charge in [0, 0.05) is 24.1 Å². The van der Waals surface area contributed by atoms with Crippen LogP contribution >= 0.6 is 0 Å². The second-order valence-corrected chi connectivity index (χ2v) is 11.2. The summed E-state index contributed by atoms with van der Waals surface area (Å²) in [6.45, 7) is 12.7. The number of piperidine rings is 1. The Labute approximate surface area is 196 Å². The number of aliphatic hydroxyl groups excluding tert-OH is 1. The lowest BCUT2D eigenvalue weighted by Crippen LogP contribution is -2.53. The van der Waals surface area contributed by atoms with Crippen LogP contribution in [0.5, 0.6) is 0 Å². The van der Waals surface area contributed by atoms with Crippen molar-refractivity contribution in [3.8, 4) is 11.3 Å². The van der Waals surface area contributed by atoms with Crippen LogP contribution in [0.3, 0.4) is 0 Å². The van der Waals surface area contributed by atoms with Crippen molar-refractivity contribution < 1.29 is 14.6 Å². The average molecular weight is 450 g/mol. The molecule has 6 heteroatoms. The number of carbonyl (C=O) groups excluding carboxylic acids is 1. The second kappa shape index (κ2) is 8.01. The fraction of sp³-hybridized carbons (Fsp3) is 0.556. The van der Waals surface area contributed by atoms with Crippen molar-refractivity contribution in [1.82, 2.24) is 14.5 Å². The first-order valence-electron chi connectivity index (χ1n) is 12.1. The number of rotatable bonds is 3. The van der Waals surface area contributed by atoms with Crippen LogP contribution in [0.15, 0.2) is 48.9 Å². The largest absolute Gasteiger partial charge is 0.444 e. The summed E-state index contributed by atoms with van der Waals surface area (Å²) in [6.07, 6.45) is 5.60. The summed E-state index contributed by atoms with van der Waals surface area (Å²) in [5.74, 6) is 0.556. The normalized spacial score (nSPS) is 31.1. The molecular weight excluding hydrogens is 414 g/mol. The monoisotopic (exact) mass is 449 g/mol. The maximum atomic E-state index is 13.0. The van der Waals surface area contributed by atoms with Gasteiger partial charge < -0.3 is 19.3 Å². The summed E-state index contributed by atoms with van der Waals surface area (Å²) in [4.78, 5) is 19.2. The lowest BCUT2D eigenvalue weighted by molar-refractivity contribution is -0.0732. The first kappa shape index (κ1) is 22.2. The summed E-state index contributed by atoms with van der Waals surface area (Å²) in [7, 11) is 0. The van der Waals surface area contributed by atoms with Crippen molar-refractivity contribution in [3.05, 3.63) is 54.5 Å². The number of amides is 1. The van der Waals surface area contributed by atoms with Crippen molar-refractivity contribution in [2.75, 3.05) is 6.54 Å². The molecule has 0 spiro atoms. The minimum Gasteiger partial charge on any atom is -0.444 e. The Hall–Kier alpha value is -2.60. The third-order valence-electron chi connectivity index (χ3n) is 7.73. The van der Waals surface area contributed by atoms with E-state index in [9.17, 15) is 9.90 Å². The van der Waals surface area contributed by atoms with E-state index in [2.05, 4.69) is 47.3 Å². The van der Waals surface area contributed by atoms with Crippen LogP contribution in [0.25, 0.3) is 11.3 Å². The van der Waals surface area contributed by atoms with Crippen LogP contribution < -0.4 is 0 Å². The summed E-state index contributed by atoms with van der Waals surface area (Å²) in [5, 5.41) is 11.3. The number of hydrogen-bond acceptors (Lipinski definition) is 4. The van der Waals surface area contributed by atoms with Crippen molar-refractivity contribution in [1.29, 1.82) is 0 Å². The number of imidazole rings is 1. The minimum absolute atomic E-state index is 0.0174. The van der Waals surface area contributed by atoms with Crippen LogP contribution in [0, 0.1) is 17.8 Å². The van der Waals surface area contributed by atoms with Crippen LogP contribution in [-0.2, 0) is 4.74 Å². The van der Waals surface area contributed by atoms with Crippen LogP contribution in [0.2, 0.25) is 0 Å². The molecule has 6 atom stereocenters. The van der Waals surface area contributed by atoms with Gasteiger partial charge in [-0.1, -0.05) is 43.3 Å². The van der Waals surface area contributed by atoms with Crippen LogP contribution in [-0.4, -0.2) is 49.9 Å². The van der Waals surface area contributed by atoms with E-state index in [1.54, 1.807) is 0 Å². The maximum absolute atomic E-state index is 13.0. The molecule has 2 fully saturated rings. The topological polar surface area (TPSA) is 67.6 Å². The van der Waals surface area contributed by atoms with Gasteiger partial charge in [0.15, 0.2) is 0 Å². The van der Waals surface area contributed by atoms with Gasteiger partial charge in [-0.25, -0.2) is 9.78 Å². The van der Waals surface area contributed by atoms with E-state index in [1.807, 2.05) is 38.2 Å². The van der Waals surface area contributed by atoms with Gasteiger partial charge in [0.1, 0.15) is 5.60 Å². The van der Waals surface area contributed by atoms with Gasteiger partial charge in [-0.15, -0.1) is 0 Å². The molecule has 33 heavy (non-hydrogen) atoms. The molecule has 0 bridgehead atoms.